The van der Waals surface area contributed by atoms with Crippen LogP contribution in [0, 0.1) is 6.92 Å². The molecule has 44 heavy (non-hydrogen) atoms. The Morgan fingerprint density at radius 2 is 2.00 bits per heavy atom. The van der Waals surface area contributed by atoms with Gasteiger partial charge in [-0.15, -0.1) is 0 Å². The predicted octanol–water partition coefficient (Wildman–Crippen LogP) is 4.49. The SMILES string of the molecule is CCCC1=C(C(=O)OCC)[C@H](c2cc(OC)ccc2OC)n2c(s/c(=C\c3cc(Br)c(Sc4nc(C)cc(=O)[nH]4)o3)c2=O)=N1. The number of thiazole rings is 1. The molecule has 0 unspecified atom stereocenters. The Morgan fingerprint density at radius 3 is 2.68 bits per heavy atom. The van der Waals surface area contributed by atoms with E-state index in [1.165, 1.54) is 29.1 Å². The minimum Gasteiger partial charge on any atom is -0.497 e. The van der Waals surface area contributed by atoms with Crippen LogP contribution in [0.15, 0.2) is 75.3 Å². The minimum absolute atomic E-state index is 0.161. The molecule has 1 aliphatic rings. The van der Waals surface area contributed by atoms with E-state index in [4.69, 9.17) is 23.6 Å². The molecule has 0 spiro atoms. The summed E-state index contributed by atoms with van der Waals surface area (Å²) in [6, 6.07) is 7.49. The van der Waals surface area contributed by atoms with Crippen LogP contribution in [0.1, 0.15) is 49.7 Å². The fourth-order valence-corrected chi connectivity index (χ4v) is 7.16. The first-order chi connectivity index (χ1) is 21.2. The number of hydrogen-bond donors (Lipinski definition) is 1. The van der Waals surface area contributed by atoms with Crippen molar-refractivity contribution in [1.82, 2.24) is 14.5 Å². The number of benzene rings is 1. The van der Waals surface area contributed by atoms with Gasteiger partial charge in [-0.2, -0.15) is 0 Å². The molecule has 5 rings (SSSR count). The fraction of sp³-hybridized carbons (Fsp3) is 0.300. The number of aromatic amines is 1. The van der Waals surface area contributed by atoms with Gasteiger partial charge in [0.25, 0.3) is 11.1 Å². The minimum atomic E-state index is -0.877. The molecule has 1 atom stereocenters. The molecule has 1 N–H and O–H groups in total. The topological polar surface area (TPSA) is 138 Å². The normalized spacial score (nSPS) is 14.8. The number of allylic oxidation sites excluding steroid dienone is 1. The second-order valence-electron chi connectivity index (χ2n) is 9.60. The zero-order valence-electron chi connectivity index (χ0n) is 24.6. The second-order valence-corrected chi connectivity index (χ2v) is 12.4. The summed E-state index contributed by atoms with van der Waals surface area (Å²) >= 11 is 5.83. The lowest BCUT2D eigenvalue weighted by Crippen LogP contribution is -2.40. The summed E-state index contributed by atoms with van der Waals surface area (Å²) in [6.07, 6.45) is 2.85. The van der Waals surface area contributed by atoms with Gasteiger partial charge in [0.15, 0.2) is 15.1 Å². The average molecular weight is 702 g/mol. The molecule has 1 aliphatic heterocycles. The number of rotatable bonds is 10. The lowest BCUT2D eigenvalue weighted by molar-refractivity contribution is -0.139. The van der Waals surface area contributed by atoms with Crippen molar-refractivity contribution in [2.75, 3.05) is 20.8 Å². The van der Waals surface area contributed by atoms with E-state index in [1.807, 2.05) is 6.92 Å². The number of carbonyl (C=O) groups is 1. The van der Waals surface area contributed by atoms with Gasteiger partial charge in [-0.05, 0) is 72.2 Å². The first kappa shape index (κ1) is 31.5. The zero-order chi connectivity index (χ0) is 31.5. The molecule has 4 aromatic rings. The molecule has 11 nitrogen and oxygen atoms in total. The third-order valence-electron chi connectivity index (χ3n) is 6.61. The third kappa shape index (κ3) is 6.33. The van der Waals surface area contributed by atoms with E-state index >= 15 is 0 Å². The summed E-state index contributed by atoms with van der Waals surface area (Å²) < 4.78 is 25.1. The quantitative estimate of drug-likeness (QED) is 0.187. The smallest absolute Gasteiger partial charge is 0.338 e. The van der Waals surface area contributed by atoms with Crippen LogP contribution in [-0.2, 0) is 9.53 Å². The van der Waals surface area contributed by atoms with E-state index in [9.17, 15) is 14.4 Å². The van der Waals surface area contributed by atoms with Crippen LogP contribution in [-0.4, -0.2) is 41.3 Å². The van der Waals surface area contributed by atoms with Crippen LogP contribution < -0.4 is 29.9 Å². The number of H-pyrrole nitrogens is 1. The maximum Gasteiger partial charge on any atom is 0.338 e. The number of halogens is 1. The third-order valence-corrected chi connectivity index (χ3v) is 9.32. The summed E-state index contributed by atoms with van der Waals surface area (Å²) in [5.41, 5.74) is 1.33. The highest BCUT2D eigenvalue weighted by atomic mass is 79.9. The van der Waals surface area contributed by atoms with Crippen molar-refractivity contribution in [3.63, 3.8) is 0 Å². The molecular weight excluding hydrogens is 672 g/mol. The standard InChI is InChI=1S/C30H29BrN4O7S2/c1-6-8-20-24(27(38)41-7-2)25(18-12-16(39-4)9-10-21(18)40-5)35-26(37)22(43-30(35)33-20)14-17-13-19(31)28(42-17)44-29-32-15(3)11-23(36)34-29/h9-14,25H,6-8H2,1-5H3,(H,32,34,36)/b22-14-/t25-/m0/s1. The van der Waals surface area contributed by atoms with Crippen LogP contribution in [0.5, 0.6) is 11.5 Å². The van der Waals surface area contributed by atoms with Crippen LogP contribution in [0.2, 0.25) is 0 Å². The van der Waals surface area contributed by atoms with E-state index in [0.717, 1.165) is 18.2 Å². The summed E-state index contributed by atoms with van der Waals surface area (Å²) in [5, 5.41) is 0.824. The Morgan fingerprint density at radius 1 is 1.20 bits per heavy atom. The lowest BCUT2D eigenvalue weighted by Gasteiger charge is -2.27. The Bertz CT molecular complexity index is 2010. The van der Waals surface area contributed by atoms with Crippen molar-refractivity contribution in [3.8, 4) is 11.5 Å². The van der Waals surface area contributed by atoms with Crippen molar-refractivity contribution in [1.29, 1.82) is 0 Å². The highest BCUT2D eigenvalue weighted by molar-refractivity contribution is 9.10. The number of ether oxygens (including phenoxy) is 3. The molecule has 3 aromatic heterocycles. The van der Waals surface area contributed by atoms with Gasteiger partial charge < -0.3 is 23.6 Å². The van der Waals surface area contributed by atoms with Gasteiger partial charge in [-0.3, -0.25) is 14.2 Å². The largest absolute Gasteiger partial charge is 0.497 e. The number of methoxy groups -OCH3 is 2. The van der Waals surface area contributed by atoms with Crippen molar-refractivity contribution in [3.05, 3.63) is 93.1 Å². The fourth-order valence-electron chi connectivity index (χ4n) is 4.80. The van der Waals surface area contributed by atoms with Gasteiger partial charge >= 0.3 is 5.97 Å². The molecule has 0 saturated carbocycles. The maximum absolute atomic E-state index is 14.1. The summed E-state index contributed by atoms with van der Waals surface area (Å²) in [7, 11) is 3.07. The van der Waals surface area contributed by atoms with E-state index in [-0.39, 0.29) is 23.3 Å². The summed E-state index contributed by atoms with van der Waals surface area (Å²) in [5.74, 6) is 0.858. The maximum atomic E-state index is 14.1. The number of esters is 1. The zero-order valence-corrected chi connectivity index (χ0v) is 27.8. The van der Waals surface area contributed by atoms with Crippen molar-refractivity contribution < 1.29 is 23.4 Å². The van der Waals surface area contributed by atoms with Gasteiger partial charge in [0.05, 0.1) is 41.1 Å². The lowest BCUT2D eigenvalue weighted by atomic mass is 9.93. The number of nitrogens with one attached hydrogen (secondary N) is 1. The molecule has 230 valence electrons. The number of nitrogens with zero attached hydrogens (tertiary/aromatic N) is 3. The Balaban J connectivity index is 1.68. The number of aryl methyl sites for hydroxylation is 1. The van der Waals surface area contributed by atoms with Crippen molar-refractivity contribution in [2.24, 2.45) is 4.99 Å². The summed E-state index contributed by atoms with van der Waals surface area (Å²) in [4.78, 5) is 51.7. The van der Waals surface area contributed by atoms with Crippen LogP contribution >= 0.6 is 39.0 Å². The highest BCUT2D eigenvalue weighted by Crippen LogP contribution is 2.39. The molecule has 0 radical (unpaired) electrons. The number of hydrogen-bond acceptors (Lipinski definition) is 11. The second kappa shape index (κ2) is 13.4. The van der Waals surface area contributed by atoms with Crippen LogP contribution in [0.25, 0.3) is 6.08 Å². The molecule has 0 saturated heterocycles. The van der Waals surface area contributed by atoms with Gasteiger partial charge in [-0.25, -0.2) is 14.8 Å². The van der Waals surface area contributed by atoms with Crippen LogP contribution in [0.4, 0.5) is 0 Å². The van der Waals surface area contributed by atoms with Crippen molar-refractivity contribution >= 4 is 51.1 Å². The predicted molar refractivity (Wildman–Crippen MR) is 169 cm³/mol. The monoisotopic (exact) mass is 700 g/mol. The van der Waals surface area contributed by atoms with E-state index < -0.39 is 12.0 Å². The molecular formula is C30H29BrN4O7S2. The Labute approximate surface area is 268 Å². The number of carbonyl (C=O) groups excluding carboxylic acids is 1. The highest BCUT2D eigenvalue weighted by Gasteiger charge is 2.36. The van der Waals surface area contributed by atoms with Gasteiger partial charge in [0.1, 0.15) is 23.3 Å². The Hall–Kier alpha value is -3.88. The van der Waals surface area contributed by atoms with Gasteiger partial charge in [0.2, 0.25) is 0 Å². The molecule has 1 aromatic carbocycles. The summed E-state index contributed by atoms with van der Waals surface area (Å²) in [6.45, 7) is 5.62. The van der Waals surface area contributed by atoms with Gasteiger partial charge in [0, 0.05) is 23.4 Å². The first-order valence-electron chi connectivity index (χ1n) is 13.7. The first-order valence-corrected chi connectivity index (χ1v) is 16.1. The average Bonchev–Trinajstić information content (AvgIpc) is 3.48. The number of aromatic nitrogens is 3. The van der Waals surface area contributed by atoms with Crippen LogP contribution in [0.3, 0.4) is 0 Å². The molecule has 14 heteroatoms. The number of furan rings is 1. The molecule has 0 fully saturated rings. The number of fused-ring (bicyclic) bond motifs is 1. The van der Waals surface area contributed by atoms with E-state index in [2.05, 4.69) is 25.9 Å². The van der Waals surface area contributed by atoms with Gasteiger partial charge in [-0.1, -0.05) is 24.7 Å². The Kier molecular flexibility index (Phi) is 9.61. The van der Waals surface area contributed by atoms with E-state index in [1.54, 1.807) is 51.3 Å². The van der Waals surface area contributed by atoms with Crippen molar-refractivity contribution in [2.45, 2.75) is 49.9 Å². The molecule has 0 amide bonds. The van der Waals surface area contributed by atoms with E-state index in [0.29, 0.717) is 64.7 Å². The molecule has 0 bridgehead atoms. The molecule has 4 heterocycles. The molecule has 0 aliphatic carbocycles.